The van der Waals surface area contributed by atoms with Crippen LogP contribution in [0.25, 0.3) is 0 Å². The third-order valence-electron chi connectivity index (χ3n) is 2.45. The molecule has 18 heavy (non-hydrogen) atoms. The molecule has 0 spiro atoms. The van der Waals surface area contributed by atoms with Gasteiger partial charge in [0.05, 0.1) is 11.4 Å². The van der Waals surface area contributed by atoms with Crippen molar-refractivity contribution in [2.45, 2.75) is 19.8 Å². The summed E-state index contributed by atoms with van der Waals surface area (Å²) in [6.07, 6.45) is 3.47. The quantitative estimate of drug-likeness (QED) is 0.616. The molecule has 0 aliphatic heterocycles. The van der Waals surface area contributed by atoms with E-state index in [-0.39, 0.29) is 5.75 Å². The number of hydrogen-bond acceptors (Lipinski definition) is 4. The molecule has 6 nitrogen and oxygen atoms in total. The van der Waals surface area contributed by atoms with Gasteiger partial charge in [-0.3, -0.25) is 4.68 Å². The lowest BCUT2D eigenvalue weighted by atomic mass is 10.3. The highest BCUT2D eigenvalue weighted by atomic mass is 32.2. The van der Waals surface area contributed by atoms with Crippen molar-refractivity contribution in [2.75, 3.05) is 25.4 Å². The van der Waals surface area contributed by atoms with Crippen LogP contribution in [-0.4, -0.2) is 43.6 Å². The molecule has 0 aliphatic carbocycles. The molecule has 1 rings (SSSR count). The molecular weight excluding hydrogens is 252 g/mol. The molecule has 0 saturated heterocycles. The summed E-state index contributed by atoms with van der Waals surface area (Å²) < 4.78 is 27.5. The van der Waals surface area contributed by atoms with Crippen LogP contribution in [0.15, 0.2) is 12.3 Å². The fraction of sp³-hybridized carbons (Fsp3) is 0.727. The SMILES string of the molecule is CCCNCCS(=O)(=O)NCCc1ccn(C)n1. The maximum Gasteiger partial charge on any atom is 0.212 e. The molecule has 2 N–H and O–H groups in total. The Hall–Kier alpha value is -0.920. The van der Waals surface area contributed by atoms with Crippen molar-refractivity contribution in [3.8, 4) is 0 Å². The second kappa shape index (κ2) is 7.50. The largest absolute Gasteiger partial charge is 0.316 e. The zero-order valence-electron chi connectivity index (χ0n) is 11.0. The van der Waals surface area contributed by atoms with E-state index in [4.69, 9.17) is 0 Å². The Bertz CT molecular complexity index is 442. The summed E-state index contributed by atoms with van der Waals surface area (Å²) in [7, 11) is -1.33. The Morgan fingerprint density at radius 1 is 1.33 bits per heavy atom. The number of sulfonamides is 1. The average molecular weight is 274 g/mol. The molecule has 0 fully saturated rings. The lowest BCUT2D eigenvalue weighted by Gasteiger charge is -2.06. The highest BCUT2D eigenvalue weighted by Crippen LogP contribution is 1.95. The van der Waals surface area contributed by atoms with Gasteiger partial charge in [0.2, 0.25) is 10.0 Å². The van der Waals surface area contributed by atoms with Crippen molar-refractivity contribution in [3.63, 3.8) is 0 Å². The maximum absolute atomic E-state index is 11.6. The summed E-state index contributed by atoms with van der Waals surface area (Å²) in [4.78, 5) is 0. The molecule has 1 heterocycles. The molecule has 0 aromatic carbocycles. The third-order valence-corrected chi connectivity index (χ3v) is 3.83. The first-order valence-corrected chi connectivity index (χ1v) is 7.85. The van der Waals surface area contributed by atoms with E-state index in [2.05, 4.69) is 15.1 Å². The van der Waals surface area contributed by atoms with E-state index >= 15 is 0 Å². The van der Waals surface area contributed by atoms with Gasteiger partial charge in [-0.25, -0.2) is 13.1 Å². The summed E-state index contributed by atoms with van der Waals surface area (Å²) in [6, 6.07) is 1.89. The second-order valence-electron chi connectivity index (χ2n) is 4.19. The smallest absolute Gasteiger partial charge is 0.212 e. The minimum Gasteiger partial charge on any atom is -0.316 e. The topological polar surface area (TPSA) is 76.0 Å². The van der Waals surface area contributed by atoms with E-state index in [1.807, 2.05) is 26.2 Å². The number of hydrogen-bond donors (Lipinski definition) is 2. The standard InChI is InChI=1S/C11H22N4O2S/c1-3-6-12-8-10-18(16,17)13-7-4-11-5-9-15(2)14-11/h5,9,12-13H,3-4,6-8,10H2,1-2H3. The molecule has 104 valence electrons. The van der Waals surface area contributed by atoms with Crippen molar-refractivity contribution in [3.05, 3.63) is 18.0 Å². The first-order chi connectivity index (χ1) is 8.53. The fourth-order valence-electron chi connectivity index (χ4n) is 1.51. The zero-order chi connectivity index (χ0) is 13.4. The Morgan fingerprint density at radius 2 is 2.11 bits per heavy atom. The first-order valence-electron chi connectivity index (χ1n) is 6.20. The zero-order valence-corrected chi connectivity index (χ0v) is 11.8. The van der Waals surface area contributed by atoms with Crippen LogP contribution >= 0.6 is 0 Å². The van der Waals surface area contributed by atoms with Crippen LogP contribution in [0.2, 0.25) is 0 Å². The van der Waals surface area contributed by atoms with Gasteiger partial charge in [-0.05, 0) is 19.0 Å². The Labute approximate surface area is 109 Å². The third kappa shape index (κ3) is 6.13. The van der Waals surface area contributed by atoms with E-state index in [1.165, 1.54) is 0 Å². The predicted octanol–water partition coefficient (Wildman–Crippen LogP) is -0.118. The fourth-order valence-corrected chi connectivity index (χ4v) is 2.48. The molecule has 7 heteroatoms. The summed E-state index contributed by atoms with van der Waals surface area (Å²) >= 11 is 0. The highest BCUT2D eigenvalue weighted by molar-refractivity contribution is 7.89. The summed E-state index contributed by atoms with van der Waals surface area (Å²) in [6.45, 7) is 3.79. The van der Waals surface area contributed by atoms with Gasteiger partial charge in [0, 0.05) is 32.8 Å². The van der Waals surface area contributed by atoms with E-state index in [1.54, 1.807) is 4.68 Å². The van der Waals surface area contributed by atoms with Crippen molar-refractivity contribution >= 4 is 10.0 Å². The molecular formula is C11H22N4O2S. The molecule has 1 aromatic heterocycles. The molecule has 0 atom stereocenters. The summed E-state index contributed by atoms with van der Waals surface area (Å²) in [5.74, 6) is 0.120. The van der Waals surface area contributed by atoms with Gasteiger partial charge < -0.3 is 5.32 Å². The number of nitrogens with one attached hydrogen (secondary N) is 2. The van der Waals surface area contributed by atoms with E-state index < -0.39 is 10.0 Å². The maximum atomic E-state index is 11.6. The lowest BCUT2D eigenvalue weighted by molar-refractivity contribution is 0.575. The normalized spacial score (nSPS) is 11.9. The lowest BCUT2D eigenvalue weighted by Crippen LogP contribution is -2.33. The predicted molar refractivity (Wildman–Crippen MR) is 71.9 cm³/mol. The Kier molecular flexibility index (Phi) is 6.31. The van der Waals surface area contributed by atoms with Crippen LogP contribution in [0.1, 0.15) is 19.0 Å². The second-order valence-corrected chi connectivity index (χ2v) is 6.12. The number of rotatable bonds is 9. The van der Waals surface area contributed by atoms with Crippen molar-refractivity contribution in [1.82, 2.24) is 19.8 Å². The molecule has 1 aromatic rings. The van der Waals surface area contributed by atoms with E-state index in [0.717, 1.165) is 18.7 Å². The van der Waals surface area contributed by atoms with Gasteiger partial charge in [0.1, 0.15) is 0 Å². The van der Waals surface area contributed by atoms with Crippen molar-refractivity contribution in [2.24, 2.45) is 7.05 Å². The highest BCUT2D eigenvalue weighted by Gasteiger charge is 2.09. The minimum absolute atomic E-state index is 0.120. The monoisotopic (exact) mass is 274 g/mol. The van der Waals surface area contributed by atoms with Crippen LogP contribution in [0, 0.1) is 0 Å². The molecule has 0 bridgehead atoms. The van der Waals surface area contributed by atoms with Crippen LogP contribution in [0.4, 0.5) is 0 Å². The van der Waals surface area contributed by atoms with E-state index in [0.29, 0.717) is 19.5 Å². The molecule has 0 aliphatic rings. The van der Waals surface area contributed by atoms with Gasteiger partial charge in [-0.2, -0.15) is 5.10 Å². The van der Waals surface area contributed by atoms with Gasteiger partial charge >= 0.3 is 0 Å². The average Bonchev–Trinajstić information content (AvgIpc) is 2.70. The van der Waals surface area contributed by atoms with Gasteiger partial charge in [0.15, 0.2) is 0 Å². The first kappa shape index (κ1) is 15.1. The Balaban J connectivity index is 2.20. The van der Waals surface area contributed by atoms with Crippen LogP contribution in [0.3, 0.4) is 0 Å². The van der Waals surface area contributed by atoms with E-state index in [9.17, 15) is 8.42 Å². The summed E-state index contributed by atoms with van der Waals surface area (Å²) in [5.41, 5.74) is 0.893. The summed E-state index contributed by atoms with van der Waals surface area (Å²) in [5, 5.41) is 7.25. The van der Waals surface area contributed by atoms with Gasteiger partial charge in [0.25, 0.3) is 0 Å². The molecule has 0 saturated carbocycles. The van der Waals surface area contributed by atoms with Gasteiger partial charge in [-0.1, -0.05) is 6.92 Å². The molecule has 0 amide bonds. The minimum atomic E-state index is -3.17. The van der Waals surface area contributed by atoms with Crippen molar-refractivity contribution in [1.29, 1.82) is 0 Å². The van der Waals surface area contributed by atoms with Crippen LogP contribution < -0.4 is 10.0 Å². The number of aromatic nitrogens is 2. The molecule has 0 unspecified atom stereocenters. The molecule has 0 radical (unpaired) electrons. The van der Waals surface area contributed by atoms with Gasteiger partial charge in [-0.15, -0.1) is 0 Å². The van der Waals surface area contributed by atoms with Crippen molar-refractivity contribution < 1.29 is 8.42 Å². The Morgan fingerprint density at radius 3 is 2.72 bits per heavy atom. The van der Waals surface area contributed by atoms with Crippen LogP contribution in [0.5, 0.6) is 0 Å². The number of aryl methyl sites for hydroxylation is 1. The van der Waals surface area contributed by atoms with Crippen LogP contribution in [-0.2, 0) is 23.5 Å². The number of nitrogens with zero attached hydrogens (tertiary/aromatic N) is 2.